The first-order chi connectivity index (χ1) is 21.9. The van der Waals surface area contributed by atoms with Crippen LogP contribution >= 0.6 is 0 Å². The summed E-state index contributed by atoms with van der Waals surface area (Å²) < 4.78 is 0. The second kappa shape index (κ2) is 20.5. The van der Waals surface area contributed by atoms with E-state index >= 15 is 0 Å². The quantitative estimate of drug-likeness (QED) is 0.121. The Morgan fingerprint density at radius 3 is 2.40 bits per heavy atom. The van der Waals surface area contributed by atoms with E-state index in [4.69, 9.17) is 0 Å². The van der Waals surface area contributed by atoms with Crippen molar-refractivity contribution in [1.82, 2.24) is 26.6 Å². The van der Waals surface area contributed by atoms with Gasteiger partial charge in [-0.2, -0.15) is 0 Å². The minimum atomic E-state index is -0.848. The van der Waals surface area contributed by atoms with Crippen molar-refractivity contribution in [2.75, 3.05) is 13.1 Å². The fourth-order valence-corrected chi connectivity index (χ4v) is 5.85. The van der Waals surface area contributed by atoms with E-state index in [1.165, 1.54) is 51.0 Å². The number of urea groups is 1. The van der Waals surface area contributed by atoms with Gasteiger partial charge in [-0.1, -0.05) is 120 Å². The summed E-state index contributed by atoms with van der Waals surface area (Å²) in [6, 6.07) is -2.10. The predicted octanol–water partition coefficient (Wildman–Crippen LogP) is 5.07. The smallest absolute Gasteiger partial charge is 0.315 e. The lowest BCUT2D eigenvalue weighted by Gasteiger charge is -2.24. The average molecular weight is 622 g/mol. The highest BCUT2D eigenvalue weighted by Gasteiger charge is 2.31. The van der Waals surface area contributed by atoms with E-state index in [-0.39, 0.29) is 42.1 Å². The van der Waals surface area contributed by atoms with Gasteiger partial charge in [0.1, 0.15) is 12.1 Å². The van der Waals surface area contributed by atoms with Gasteiger partial charge < -0.3 is 26.6 Å². The molecule has 9 nitrogen and oxygen atoms in total. The van der Waals surface area contributed by atoms with Crippen LogP contribution in [0.3, 0.4) is 0 Å². The number of allylic oxidation sites excluding steroid dienone is 3. The van der Waals surface area contributed by atoms with Gasteiger partial charge in [0.05, 0.1) is 6.04 Å². The molecule has 0 aromatic heterocycles. The molecule has 0 fully saturated rings. The molecule has 5 atom stereocenters. The minimum absolute atomic E-state index is 0.0831. The predicted molar refractivity (Wildman–Crippen MR) is 180 cm³/mol. The topological polar surface area (TPSA) is 128 Å². The van der Waals surface area contributed by atoms with Crippen LogP contribution in [-0.4, -0.2) is 60.9 Å². The van der Waals surface area contributed by atoms with Crippen LogP contribution in [0.15, 0.2) is 60.3 Å². The third-order valence-electron chi connectivity index (χ3n) is 8.46. The number of fused-ring (bicyclic) bond motifs is 1. The summed E-state index contributed by atoms with van der Waals surface area (Å²) in [6.45, 7) is 5.08. The second-order valence-electron chi connectivity index (χ2n) is 12.5. The fourth-order valence-electron chi connectivity index (χ4n) is 5.85. The van der Waals surface area contributed by atoms with Crippen molar-refractivity contribution in [3.05, 3.63) is 60.3 Å². The van der Waals surface area contributed by atoms with Crippen molar-refractivity contribution in [2.45, 2.75) is 121 Å². The summed E-state index contributed by atoms with van der Waals surface area (Å²) in [6.07, 6.45) is 30.1. The Kier molecular flexibility index (Phi) is 16.4. The zero-order valence-electron chi connectivity index (χ0n) is 27.3. The molecule has 2 heterocycles. The molecule has 5 N–H and O–H groups in total. The fraction of sp³-hybridized carbons (Fsp3) is 0.611. The number of carbonyl (C=O) groups excluding carboxylic acids is 4. The van der Waals surface area contributed by atoms with E-state index in [0.717, 1.165) is 24.8 Å². The van der Waals surface area contributed by atoms with E-state index in [9.17, 15) is 19.2 Å². The van der Waals surface area contributed by atoms with Crippen LogP contribution in [0.5, 0.6) is 0 Å². The molecule has 0 bridgehead atoms. The van der Waals surface area contributed by atoms with E-state index in [1.807, 2.05) is 25.2 Å². The summed E-state index contributed by atoms with van der Waals surface area (Å²) in [5.74, 6) is -0.907. The molecule has 0 aromatic rings. The molecule has 9 heteroatoms. The molecular weight excluding hydrogens is 566 g/mol. The largest absolute Gasteiger partial charge is 0.352 e. The van der Waals surface area contributed by atoms with E-state index < -0.39 is 18.0 Å². The second-order valence-corrected chi connectivity index (χ2v) is 12.5. The standard InChI is InChI=1S/C36H55N5O4/c1-3-4-5-6-7-8-9-10-11-15-23-38-36(45)41-32(26-29-25-28-17-12-13-18-30(28)39-29)35(44)40-31-19-14-16-22-37-34(43)21-20-27(2)24-33(31)42/h12-14,17-21,25,27,29-32,39H,3-11,15-16,22-24,26H2,1-2H3,(H,37,43)(H,40,44)(H2,38,41,45)/b19-14+,21-20+/t27-,29?,30?,31-,32?/m0/s1. The Balaban J connectivity index is 1.54. The molecular formula is C36H55N5O4. The number of hydrogen-bond acceptors (Lipinski definition) is 5. The zero-order valence-corrected chi connectivity index (χ0v) is 27.3. The summed E-state index contributed by atoms with van der Waals surface area (Å²) in [5.41, 5.74) is 1.14. The van der Waals surface area contributed by atoms with Gasteiger partial charge in [-0.3, -0.25) is 14.4 Å². The molecule has 0 aromatic carbocycles. The summed E-state index contributed by atoms with van der Waals surface area (Å²) in [7, 11) is 0. The van der Waals surface area contributed by atoms with Gasteiger partial charge in [0.25, 0.3) is 0 Å². The van der Waals surface area contributed by atoms with Crippen LogP contribution in [0.4, 0.5) is 4.79 Å². The Morgan fingerprint density at radius 2 is 1.67 bits per heavy atom. The Bertz CT molecular complexity index is 1120. The van der Waals surface area contributed by atoms with Crippen LogP contribution < -0.4 is 26.6 Å². The molecule has 0 saturated heterocycles. The molecule has 0 radical (unpaired) electrons. The molecule has 4 amide bonds. The van der Waals surface area contributed by atoms with Gasteiger partial charge in [0.2, 0.25) is 11.8 Å². The van der Waals surface area contributed by atoms with Crippen LogP contribution in [0, 0.1) is 5.92 Å². The van der Waals surface area contributed by atoms with Crippen LogP contribution in [0.25, 0.3) is 0 Å². The number of unbranched alkanes of at least 4 members (excludes halogenated alkanes) is 9. The molecule has 3 aliphatic rings. The number of ketones is 1. The zero-order chi connectivity index (χ0) is 32.3. The highest BCUT2D eigenvalue weighted by atomic mass is 16.2. The van der Waals surface area contributed by atoms with E-state index in [1.54, 1.807) is 18.2 Å². The van der Waals surface area contributed by atoms with Crippen LogP contribution in [-0.2, 0) is 14.4 Å². The third kappa shape index (κ3) is 14.0. The van der Waals surface area contributed by atoms with Crippen LogP contribution in [0.1, 0.15) is 97.3 Å². The van der Waals surface area contributed by atoms with Gasteiger partial charge in [-0.25, -0.2) is 4.79 Å². The van der Waals surface area contributed by atoms with Crippen molar-refractivity contribution in [3.63, 3.8) is 0 Å². The van der Waals surface area contributed by atoms with Gasteiger partial charge in [0, 0.05) is 25.6 Å². The number of Topliss-reactive ketones (excluding diaryl/α,β-unsaturated/α-hetero) is 1. The molecule has 2 aliphatic heterocycles. The maximum atomic E-state index is 13.7. The van der Waals surface area contributed by atoms with E-state index in [0.29, 0.717) is 25.9 Å². The Morgan fingerprint density at radius 1 is 0.933 bits per heavy atom. The summed E-state index contributed by atoms with van der Waals surface area (Å²) in [4.78, 5) is 51.7. The van der Waals surface area contributed by atoms with Crippen molar-refractivity contribution in [1.29, 1.82) is 0 Å². The van der Waals surface area contributed by atoms with Crippen LogP contribution in [0.2, 0.25) is 0 Å². The molecule has 3 unspecified atom stereocenters. The van der Waals surface area contributed by atoms with Gasteiger partial charge >= 0.3 is 6.03 Å². The van der Waals surface area contributed by atoms with Gasteiger partial charge in [-0.15, -0.1) is 0 Å². The normalized spacial score (nSPS) is 25.2. The lowest BCUT2D eigenvalue weighted by molar-refractivity contribution is -0.128. The monoisotopic (exact) mass is 621 g/mol. The van der Waals surface area contributed by atoms with Crippen molar-refractivity contribution in [2.24, 2.45) is 5.92 Å². The lowest BCUT2D eigenvalue weighted by atomic mass is 9.98. The summed E-state index contributed by atoms with van der Waals surface area (Å²) >= 11 is 0. The highest BCUT2D eigenvalue weighted by molar-refractivity contribution is 5.94. The molecule has 0 saturated carbocycles. The Labute approximate surface area is 269 Å². The van der Waals surface area contributed by atoms with Gasteiger partial charge in [0.15, 0.2) is 5.78 Å². The van der Waals surface area contributed by atoms with Crippen molar-refractivity contribution in [3.8, 4) is 0 Å². The minimum Gasteiger partial charge on any atom is -0.352 e. The summed E-state index contributed by atoms with van der Waals surface area (Å²) in [5, 5.41) is 15.0. The number of amides is 4. The average Bonchev–Trinajstić information content (AvgIpc) is 3.43. The van der Waals surface area contributed by atoms with Crippen molar-refractivity contribution < 1.29 is 19.2 Å². The number of hydrogen-bond donors (Lipinski definition) is 5. The van der Waals surface area contributed by atoms with Crippen molar-refractivity contribution >= 4 is 23.6 Å². The first kappa shape index (κ1) is 36.0. The molecule has 248 valence electrons. The molecule has 3 rings (SSSR count). The lowest BCUT2D eigenvalue weighted by Crippen LogP contribution is -2.55. The maximum Gasteiger partial charge on any atom is 0.315 e. The first-order valence-corrected chi connectivity index (χ1v) is 17.2. The Hall–Kier alpha value is -3.46. The maximum absolute atomic E-state index is 13.7. The molecule has 45 heavy (non-hydrogen) atoms. The first-order valence-electron chi connectivity index (χ1n) is 17.2. The SMILES string of the molecule is CCCCCCCCCCCCNC(=O)NC(CC1C=C2C=CC=CC2N1)C(=O)N[C@H]1/C=C/CCNC(=O)/C=C/[C@H](C)CC1=O. The van der Waals surface area contributed by atoms with Gasteiger partial charge in [-0.05, 0) is 36.8 Å². The highest BCUT2D eigenvalue weighted by Crippen LogP contribution is 2.21. The molecule has 0 spiro atoms. The third-order valence-corrected chi connectivity index (χ3v) is 8.46. The molecule has 1 aliphatic carbocycles. The number of nitrogens with one attached hydrogen (secondary N) is 5. The number of carbonyl (C=O) groups is 4. The number of rotatable bonds is 16. The van der Waals surface area contributed by atoms with E-state index in [2.05, 4.69) is 45.7 Å².